The molecule has 0 radical (unpaired) electrons. The number of ether oxygens (including phenoxy) is 1. The second-order valence-electron chi connectivity index (χ2n) is 6.27. The summed E-state index contributed by atoms with van der Waals surface area (Å²) >= 11 is 0. The number of aromatic amines is 1. The van der Waals surface area contributed by atoms with Crippen LogP contribution >= 0.6 is 0 Å². The lowest BCUT2D eigenvalue weighted by molar-refractivity contribution is -0.136. The molecule has 2 aromatic rings. The first kappa shape index (κ1) is 16.6. The van der Waals surface area contributed by atoms with Crippen molar-refractivity contribution in [2.24, 2.45) is 0 Å². The van der Waals surface area contributed by atoms with Gasteiger partial charge in [0, 0.05) is 37.5 Å². The SMILES string of the molecule is COCC(=O)N1CCC[C@H](c2cc(-c3cc(C)[nH]n3)nc(C)n2)C1. The number of aryl methyl sites for hydroxylation is 2. The number of H-pyrrole nitrogens is 1. The van der Waals surface area contributed by atoms with Crippen molar-refractivity contribution in [3.63, 3.8) is 0 Å². The zero-order valence-corrected chi connectivity index (χ0v) is 14.4. The highest BCUT2D eigenvalue weighted by Gasteiger charge is 2.26. The highest BCUT2D eigenvalue weighted by Crippen LogP contribution is 2.28. The standard InChI is InChI=1S/C17H23N5O2/c1-11-7-16(21-20-11)15-8-14(18-12(2)19-15)13-5-4-6-22(9-13)17(23)10-24-3/h7-8,13H,4-6,9-10H2,1-3H3,(H,20,21)/t13-/m0/s1. The molecular weight excluding hydrogens is 306 g/mol. The van der Waals surface area contributed by atoms with Crippen LogP contribution in [0.5, 0.6) is 0 Å². The van der Waals surface area contributed by atoms with Crippen LogP contribution in [0, 0.1) is 13.8 Å². The molecule has 1 saturated heterocycles. The van der Waals surface area contributed by atoms with E-state index in [4.69, 9.17) is 4.74 Å². The van der Waals surface area contributed by atoms with Crippen LogP contribution in [0.1, 0.15) is 36.0 Å². The molecule has 1 N–H and O–H groups in total. The fraction of sp³-hybridized carbons (Fsp3) is 0.529. The molecule has 128 valence electrons. The van der Waals surface area contributed by atoms with Gasteiger partial charge >= 0.3 is 0 Å². The maximum Gasteiger partial charge on any atom is 0.248 e. The Kier molecular flexibility index (Phi) is 4.89. The molecule has 0 spiro atoms. The first-order valence-electron chi connectivity index (χ1n) is 8.21. The largest absolute Gasteiger partial charge is 0.375 e. The van der Waals surface area contributed by atoms with Gasteiger partial charge < -0.3 is 9.64 Å². The van der Waals surface area contributed by atoms with Crippen molar-refractivity contribution < 1.29 is 9.53 Å². The van der Waals surface area contributed by atoms with E-state index in [1.165, 1.54) is 0 Å². The summed E-state index contributed by atoms with van der Waals surface area (Å²) in [5.74, 6) is 0.986. The average Bonchev–Trinajstić information content (AvgIpc) is 3.01. The van der Waals surface area contributed by atoms with E-state index in [0.717, 1.165) is 48.0 Å². The molecule has 0 bridgehead atoms. The maximum absolute atomic E-state index is 12.1. The van der Waals surface area contributed by atoms with Crippen LogP contribution in [0.2, 0.25) is 0 Å². The average molecular weight is 329 g/mol. The number of hydrogen-bond donors (Lipinski definition) is 1. The predicted octanol–water partition coefficient (Wildman–Crippen LogP) is 1.84. The summed E-state index contributed by atoms with van der Waals surface area (Å²) in [6, 6.07) is 3.97. The molecule has 3 rings (SSSR count). The fourth-order valence-corrected chi connectivity index (χ4v) is 3.14. The van der Waals surface area contributed by atoms with E-state index in [-0.39, 0.29) is 18.4 Å². The summed E-state index contributed by atoms with van der Waals surface area (Å²) in [6.45, 7) is 5.45. The predicted molar refractivity (Wildman–Crippen MR) is 89.5 cm³/mol. The van der Waals surface area contributed by atoms with Crippen molar-refractivity contribution in [1.29, 1.82) is 0 Å². The Morgan fingerprint density at radius 2 is 2.17 bits per heavy atom. The lowest BCUT2D eigenvalue weighted by Crippen LogP contribution is -2.41. The molecule has 1 amide bonds. The van der Waals surface area contributed by atoms with E-state index < -0.39 is 0 Å². The Balaban J connectivity index is 1.83. The minimum Gasteiger partial charge on any atom is -0.375 e. The van der Waals surface area contributed by atoms with E-state index in [0.29, 0.717) is 6.54 Å². The van der Waals surface area contributed by atoms with E-state index in [1.54, 1.807) is 7.11 Å². The van der Waals surface area contributed by atoms with Gasteiger partial charge in [-0.05, 0) is 38.8 Å². The molecule has 1 atom stereocenters. The fourth-order valence-electron chi connectivity index (χ4n) is 3.14. The van der Waals surface area contributed by atoms with Gasteiger partial charge in [-0.3, -0.25) is 9.89 Å². The first-order chi connectivity index (χ1) is 11.6. The Morgan fingerprint density at radius 1 is 1.33 bits per heavy atom. The molecule has 2 aromatic heterocycles. The molecule has 3 heterocycles. The van der Waals surface area contributed by atoms with Crippen LogP contribution < -0.4 is 0 Å². The van der Waals surface area contributed by atoms with Crippen LogP contribution in [0.4, 0.5) is 0 Å². The van der Waals surface area contributed by atoms with Crippen molar-refractivity contribution in [3.8, 4) is 11.4 Å². The minimum atomic E-state index is 0.0381. The van der Waals surface area contributed by atoms with Gasteiger partial charge in [0.05, 0.1) is 5.69 Å². The summed E-state index contributed by atoms with van der Waals surface area (Å²) in [4.78, 5) is 23.1. The third-order valence-electron chi connectivity index (χ3n) is 4.29. The summed E-state index contributed by atoms with van der Waals surface area (Å²) in [5, 5.41) is 7.23. The Bertz CT molecular complexity index is 728. The summed E-state index contributed by atoms with van der Waals surface area (Å²) in [5.41, 5.74) is 3.62. The molecule has 24 heavy (non-hydrogen) atoms. The zero-order chi connectivity index (χ0) is 17.1. The van der Waals surface area contributed by atoms with Gasteiger partial charge in [-0.2, -0.15) is 5.10 Å². The second-order valence-corrected chi connectivity index (χ2v) is 6.27. The third kappa shape index (κ3) is 3.62. The molecule has 0 aliphatic carbocycles. The van der Waals surface area contributed by atoms with Gasteiger partial charge in [0.15, 0.2) is 0 Å². The van der Waals surface area contributed by atoms with Crippen LogP contribution in [0.25, 0.3) is 11.4 Å². The van der Waals surface area contributed by atoms with Crippen LogP contribution in [0.3, 0.4) is 0 Å². The normalized spacial score (nSPS) is 18.0. The Labute approximate surface area is 141 Å². The Morgan fingerprint density at radius 3 is 2.88 bits per heavy atom. The van der Waals surface area contributed by atoms with Crippen LogP contribution in [-0.2, 0) is 9.53 Å². The second kappa shape index (κ2) is 7.09. The number of methoxy groups -OCH3 is 1. The van der Waals surface area contributed by atoms with Crippen molar-refractivity contribution in [1.82, 2.24) is 25.1 Å². The molecule has 0 saturated carbocycles. The lowest BCUT2D eigenvalue weighted by atomic mass is 9.93. The number of likely N-dealkylation sites (tertiary alicyclic amines) is 1. The molecule has 1 fully saturated rings. The van der Waals surface area contributed by atoms with Crippen molar-refractivity contribution in [3.05, 3.63) is 29.3 Å². The molecule has 0 aromatic carbocycles. The van der Waals surface area contributed by atoms with Crippen LogP contribution in [0.15, 0.2) is 12.1 Å². The highest BCUT2D eigenvalue weighted by molar-refractivity contribution is 5.77. The molecule has 0 unspecified atom stereocenters. The molecule has 7 heteroatoms. The molecular formula is C17H23N5O2. The number of nitrogens with zero attached hydrogens (tertiary/aromatic N) is 4. The molecule has 1 aliphatic rings. The van der Waals surface area contributed by atoms with E-state index in [1.807, 2.05) is 30.9 Å². The summed E-state index contributed by atoms with van der Waals surface area (Å²) < 4.78 is 4.97. The number of nitrogens with one attached hydrogen (secondary N) is 1. The van der Waals surface area contributed by atoms with Crippen molar-refractivity contribution in [2.45, 2.75) is 32.6 Å². The van der Waals surface area contributed by atoms with Crippen molar-refractivity contribution in [2.75, 3.05) is 26.8 Å². The number of piperidine rings is 1. The van der Waals surface area contributed by atoms with E-state index in [2.05, 4.69) is 20.2 Å². The van der Waals surface area contributed by atoms with Crippen molar-refractivity contribution >= 4 is 5.91 Å². The smallest absolute Gasteiger partial charge is 0.248 e. The van der Waals surface area contributed by atoms with Crippen LogP contribution in [-0.4, -0.2) is 57.8 Å². The quantitative estimate of drug-likeness (QED) is 0.925. The van der Waals surface area contributed by atoms with Gasteiger partial charge in [0.1, 0.15) is 18.1 Å². The first-order valence-corrected chi connectivity index (χ1v) is 8.21. The van der Waals surface area contributed by atoms with Gasteiger partial charge in [0.25, 0.3) is 0 Å². The number of carbonyl (C=O) groups excluding carboxylic acids is 1. The Hall–Kier alpha value is -2.28. The minimum absolute atomic E-state index is 0.0381. The lowest BCUT2D eigenvalue weighted by Gasteiger charge is -2.32. The number of rotatable bonds is 4. The third-order valence-corrected chi connectivity index (χ3v) is 4.29. The number of amides is 1. The molecule has 7 nitrogen and oxygen atoms in total. The topological polar surface area (TPSA) is 84.0 Å². The van der Waals surface area contributed by atoms with Gasteiger partial charge in [-0.1, -0.05) is 0 Å². The number of carbonyl (C=O) groups is 1. The summed E-state index contributed by atoms with van der Waals surface area (Å²) in [7, 11) is 1.55. The highest BCUT2D eigenvalue weighted by atomic mass is 16.5. The maximum atomic E-state index is 12.1. The summed E-state index contributed by atoms with van der Waals surface area (Å²) in [6.07, 6.45) is 1.99. The zero-order valence-electron chi connectivity index (χ0n) is 14.4. The van der Waals surface area contributed by atoms with Gasteiger partial charge in [0.2, 0.25) is 5.91 Å². The van der Waals surface area contributed by atoms with E-state index >= 15 is 0 Å². The number of aromatic nitrogens is 4. The van der Waals surface area contributed by atoms with Gasteiger partial charge in [-0.25, -0.2) is 9.97 Å². The molecule has 1 aliphatic heterocycles. The van der Waals surface area contributed by atoms with Gasteiger partial charge in [-0.15, -0.1) is 0 Å². The number of hydrogen-bond acceptors (Lipinski definition) is 5. The van der Waals surface area contributed by atoms with E-state index in [9.17, 15) is 4.79 Å². The monoisotopic (exact) mass is 329 g/mol.